The Kier molecular flexibility index (Phi) is 6.65. The average Bonchev–Trinajstić information content (AvgIpc) is 3.56. The maximum atomic E-state index is 12.7. The van der Waals surface area contributed by atoms with E-state index < -0.39 is 6.10 Å². The predicted octanol–water partition coefficient (Wildman–Crippen LogP) is 5.86. The highest BCUT2D eigenvalue weighted by atomic mass is 16.3. The van der Waals surface area contributed by atoms with Crippen LogP contribution in [0.2, 0.25) is 0 Å². The summed E-state index contributed by atoms with van der Waals surface area (Å²) < 4.78 is 3.46. The number of H-pyrrole nitrogens is 1. The van der Waals surface area contributed by atoms with Gasteiger partial charge in [0.1, 0.15) is 11.8 Å². The predicted molar refractivity (Wildman–Crippen MR) is 136 cm³/mol. The van der Waals surface area contributed by atoms with E-state index in [0.29, 0.717) is 12.1 Å². The molecule has 4 heterocycles. The van der Waals surface area contributed by atoms with Gasteiger partial charge in [0.15, 0.2) is 0 Å². The summed E-state index contributed by atoms with van der Waals surface area (Å²) in [4.78, 5) is 20.4. The van der Waals surface area contributed by atoms with Crippen molar-refractivity contribution in [3.8, 4) is 11.1 Å². The number of nitrogens with one attached hydrogen (secondary N) is 1. The third kappa shape index (κ3) is 4.15. The Morgan fingerprint density at radius 1 is 1.12 bits per heavy atom. The van der Waals surface area contributed by atoms with E-state index in [1.807, 2.05) is 49.8 Å². The number of benzene rings is 1. The van der Waals surface area contributed by atoms with Gasteiger partial charge in [0.05, 0.1) is 11.7 Å². The van der Waals surface area contributed by atoms with Crippen molar-refractivity contribution in [2.75, 3.05) is 0 Å². The maximum absolute atomic E-state index is 12.7. The van der Waals surface area contributed by atoms with Crippen molar-refractivity contribution in [1.29, 1.82) is 0 Å². The van der Waals surface area contributed by atoms with Gasteiger partial charge in [-0.05, 0) is 30.2 Å². The second kappa shape index (κ2) is 9.65. The monoisotopic (exact) mass is 457 g/mol. The summed E-state index contributed by atoms with van der Waals surface area (Å²) in [7, 11) is 1.88. The molecule has 1 atom stereocenters. The van der Waals surface area contributed by atoms with Crippen LogP contribution in [-0.4, -0.2) is 35.3 Å². The van der Waals surface area contributed by atoms with Crippen LogP contribution >= 0.6 is 0 Å². The van der Waals surface area contributed by atoms with Crippen LogP contribution in [0.5, 0.6) is 0 Å². The van der Waals surface area contributed by atoms with Gasteiger partial charge in [0, 0.05) is 65.7 Å². The molecule has 176 valence electrons. The van der Waals surface area contributed by atoms with Gasteiger partial charge in [0.2, 0.25) is 5.91 Å². The van der Waals surface area contributed by atoms with Gasteiger partial charge < -0.3 is 10.1 Å². The minimum absolute atomic E-state index is 0. The topological polar surface area (TPSA) is 88.7 Å². The molecule has 5 aromatic rings. The van der Waals surface area contributed by atoms with E-state index in [2.05, 4.69) is 22.0 Å². The van der Waals surface area contributed by atoms with Crippen molar-refractivity contribution in [1.82, 2.24) is 24.3 Å². The highest BCUT2D eigenvalue weighted by molar-refractivity contribution is 5.95. The molecule has 7 nitrogen and oxygen atoms in total. The Balaban J connectivity index is 0.00000274. The van der Waals surface area contributed by atoms with E-state index in [0.717, 1.165) is 57.8 Å². The Hall–Kier alpha value is -3.71. The first-order valence-electron chi connectivity index (χ1n) is 11.3. The molecule has 0 aliphatic carbocycles. The Morgan fingerprint density at radius 2 is 1.97 bits per heavy atom. The van der Waals surface area contributed by atoms with Crippen molar-refractivity contribution in [2.45, 2.75) is 46.1 Å². The summed E-state index contributed by atoms with van der Waals surface area (Å²) in [6.07, 6.45) is 11.8. The van der Waals surface area contributed by atoms with Crippen molar-refractivity contribution >= 4 is 27.8 Å². The van der Waals surface area contributed by atoms with Crippen molar-refractivity contribution in [3.05, 3.63) is 72.4 Å². The number of carbonyl (C=O) groups is 1. The van der Waals surface area contributed by atoms with E-state index in [1.54, 1.807) is 27.8 Å². The number of aliphatic hydroxyl groups is 1. The van der Waals surface area contributed by atoms with Crippen LogP contribution in [0.3, 0.4) is 0 Å². The van der Waals surface area contributed by atoms with Crippen LogP contribution in [0.4, 0.5) is 0 Å². The van der Waals surface area contributed by atoms with Crippen LogP contribution in [-0.2, 0) is 7.05 Å². The maximum Gasteiger partial charge on any atom is 0.231 e. The lowest BCUT2D eigenvalue weighted by Gasteiger charge is -2.13. The quantitative estimate of drug-likeness (QED) is 0.300. The largest absolute Gasteiger partial charge is 0.384 e. The Morgan fingerprint density at radius 3 is 2.74 bits per heavy atom. The molecule has 0 radical (unpaired) electrons. The number of aromatic nitrogens is 5. The van der Waals surface area contributed by atoms with E-state index >= 15 is 0 Å². The number of unbranched alkanes of at least 4 members (excludes halogenated alkanes) is 2. The Labute approximate surface area is 199 Å². The number of hydrogen-bond donors (Lipinski definition) is 2. The van der Waals surface area contributed by atoms with Crippen LogP contribution in [0, 0.1) is 0 Å². The van der Waals surface area contributed by atoms with Crippen molar-refractivity contribution in [3.63, 3.8) is 0 Å². The molecule has 0 bridgehead atoms. The first kappa shape index (κ1) is 23.4. The number of nitrogens with zero attached hydrogens (tertiary/aromatic N) is 4. The second-order valence-corrected chi connectivity index (χ2v) is 8.49. The van der Waals surface area contributed by atoms with Crippen LogP contribution in [0.25, 0.3) is 33.1 Å². The fourth-order valence-corrected chi connectivity index (χ4v) is 4.44. The molecule has 1 aromatic carbocycles. The Bertz CT molecular complexity index is 1440. The molecule has 0 aliphatic rings. The van der Waals surface area contributed by atoms with Gasteiger partial charge in [-0.15, -0.1) is 0 Å². The van der Waals surface area contributed by atoms with Gasteiger partial charge in [-0.2, -0.15) is 5.10 Å². The standard InChI is InChI=1S/C26H27N5O2.CH4/c1-3-4-5-9-24(32)31-11-10-19-20(7-6-8-23(19)31)25(33)22-15-28-26-21(22)12-17(13-27-26)18-14-29-30(2)16-18;/h6-8,10-16,25,33H,3-5,9H2,1-2H3,(H,27,28);1H4. The highest BCUT2D eigenvalue weighted by Gasteiger charge is 2.20. The van der Waals surface area contributed by atoms with Crippen LogP contribution in [0.1, 0.15) is 62.1 Å². The fourth-order valence-electron chi connectivity index (χ4n) is 4.44. The highest BCUT2D eigenvalue weighted by Crippen LogP contribution is 2.34. The molecule has 0 fully saturated rings. The molecular weight excluding hydrogens is 426 g/mol. The minimum atomic E-state index is -0.862. The summed E-state index contributed by atoms with van der Waals surface area (Å²) in [5, 5.41) is 17.4. The lowest BCUT2D eigenvalue weighted by molar-refractivity contribution is 0.0904. The molecule has 5 rings (SSSR count). The summed E-state index contributed by atoms with van der Waals surface area (Å²) in [6, 6.07) is 9.68. The molecule has 34 heavy (non-hydrogen) atoms. The second-order valence-electron chi connectivity index (χ2n) is 8.49. The first-order valence-corrected chi connectivity index (χ1v) is 11.3. The zero-order valence-electron chi connectivity index (χ0n) is 18.8. The number of rotatable bonds is 7. The number of aromatic amines is 1. The van der Waals surface area contributed by atoms with Gasteiger partial charge in [-0.3, -0.25) is 14.0 Å². The van der Waals surface area contributed by atoms with Gasteiger partial charge in [-0.25, -0.2) is 4.98 Å². The number of hydrogen-bond acceptors (Lipinski definition) is 4. The smallest absolute Gasteiger partial charge is 0.231 e. The van der Waals surface area contributed by atoms with Crippen LogP contribution in [0.15, 0.2) is 61.3 Å². The van der Waals surface area contributed by atoms with E-state index in [-0.39, 0.29) is 13.3 Å². The molecule has 1 unspecified atom stereocenters. The molecule has 2 N–H and O–H groups in total. The zero-order chi connectivity index (χ0) is 22.9. The lowest BCUT2D eigenvalue weighted by Crippen LogP contribution is -2.09. The molecule has 0 amide bonds. The average molecular weight is 458 g/mol. The van der Waals surface area contributed by atoms with E-state index in [9.17, 15) is 9.90 Å². The fraction of sp³-hybridized carbons (Fsp3) is 0.296. The van der Waals surface area contributed by atoms with Crippen LogP contribution < -0.4 is 0 Å². The molecular formula is C27H31N5O2. The van der Waals surface area contributed by atoms with Gasteiger partial charge >= 0.3 is 0 Å². The number of fused-ring (bicyclic) bond motifs is 2. The first-order chi connectivity index (χ1) is 16.1. The summed E-state index contributed by atoms with van der Waals surface area (Å²) in [6.45, 7) is 2.13. The lowest BCUT2D eigenvalue weighted by atomic mass is 9.97. The summed E-state index contributed by atoms with van der Waals surface area (Å²) in [5.74, 6) is 0.0856. The third-order valence-corrected chi connectivity index (χ3v) is 6.22. The normalized spacial score (nSPS) is 12.2. The third-order valence-electron chi connectivity index (χ3n) is 6.22. The summed E-state index contributed by atoms with van der Waals surface area (Å²) >= 11 is 0. The van der Waals surface area contributed by atoms with Crippen molar-refractivity contribution < 1.29 is 9.90 Å². The molecule has 0 spiro atoms. The number of carbonyl (C=O) groups excluding carboxylic acids is 1. The molecule has 0 saturated carbocycles. The van der Waals surface area contributed by atoms with Crippen molar-refractivity contribution in [2.24, 2.45) is 7.05 Å². The van der Waals surface area contributed by atoms with Gasteiger partial charge in [0.25, 0.3) is 0 Å². The molecule has 0 aliphatic heterocycles. The minimum Gasteiger partial charge on any atom is -0.384 e. The van der Waals surface area contributed by atoms with E-state index in [1.165, 1.54) is 0 Å². The van der Waals surface area contributed by atoms with Gasteiger partial charge in [-0.1, -0.05) is 39.3 Å². The zero-order valence-corrected chi connectivity index (χ0v) is 18.8. The molecule has 7 heteroatoms. The summed E-state index contributed by atoms with van der Waals surface area (Å²) in [5.41, 5.74) is 4.95. The van der Waals surface area contributed by atoms with E-state index in [4.69, 9.17) is 0 Å². The molecule has 4 aromatic heterocycles. The number of aliphatic hydroxyl groups excluding tert-OH is 1. The number of aryl methyl sites for hydroxylation is 1. The SMILES string of the molecule is C.CCCCCC(=O)n1ccc2c(C(O)c3c[nH]c4ncc(-c5cnn(C)c5)cc34)cccc21. The number of pyridine rings is 1. The molecule has 0 saturated heterocycles.